The predicted octanol–water partition coefficient (Wildman–Crippen LogP) is 6.70. The molecule has 5 aromatic rings. The summed E-state index contributed by atoms with van der Waals surface area (Å²) in [6.45, 7) is 1.66. The van der Waals surface area contributed by atoms with Gasteiger partial charge < -0.3 is 20.2 Å². The highest BCUT2D eigenvalue weighted by Gasteiger charge is 2.26. The summed E-state index contributed by atoms with van der Waals surface area (Å²) in [4.78, 5) is 41.7. The third-order valence-corrected chi connectivity index (χ3v) is 7.82. The second-order valence-corrected chi connectivity index (χ2v) is 10.7. The van der Waals surface area contributed by atoms with E-state index in [1.807, 2.05) is 13.0 Å². The van der Waals surface area contributed by atoms with Crippen molar-refractivity contribution in [2.45, 2.75) is 20.0 Å². The van der Waals surface area contributed by atoms with Gasteiger partial charge in [0.1, 0.15) is 27.8 Å². The van der Waals surface area contributed by atoms with Crippen LogP contribution in [0.3, 0.4) is 0 Å². The SMILES string of the molecule is Cc1ccc(-c2cc(C(F)F)nc3sc(C(N)=O)c(NC(=O)c4ccc(COc5ccccc5[N+](=O)[O-])o4)c23)s1. The highest BCUT2D eigenvalue weighted by Crippen LogP contribution is 2.44. The molecule has 0 aliphatic heterocycles. The summed E-state index contributed by atoms with van der Waals surface area (Å²) in [7, 11) is 0. The second-order valence-electron chi connectivity index (χ2n) is 8.39. The maximum atomic E-state index is 13.7. The van der Waals surface area contributed by atoms with Gasteiger partial charge >= 0.3 is 5.69 Å². The molecule has 1 aromatic carbocycles. The number of para-hydroxylation sites is 2. The number of halogens is 2. The Kier molecular flexibility index (Phi) is 7.28. The summed E-state index contributed by atoms with van der Waals surface area (Å²) in [5.41, 5.74) is 5.27. The Labute approximate surface area is 232 Å². The van der Waals surface area contributed by atoms with E-state index in [-0.39, 0.29) is 45.0 Å². The topological polar surface area (TPSA) is 151 Å². The van der Waals surface area contributed by atoms with Crippen LogP contribution in [0.25, 0.3) is 20.7 Å². The number of carbonyl (C=O) groups is 2. The number of hydrogen-bond donors (Lipinski definition) is 2. The molecule has 204 valence electrons. The quantitative estimate of drug-likeness (QED) is 0.144. The van der Waals surface area contributed by atoms with Crippen molar-refractivity contribution >= 4 is 56.1 Å². The number of alkyl halides is 2. The summed E-state index contributed by atoms with van der Waals surface area (Å²) in [6, 6.07) is 13.4. The van der Waals surface area contributed by atoms with Crippen LogP contribution in [0.1, 0.15) is 43.0 Å². The molecule has 0 radical (unpaired) electrons. The van der Waals surface area contributed by atoms with E-state index in [0.717, 1.165) is 16.2 Å². The van der Waals surface area contributed by atoms with Gasteiger partial charge in [0.25, 0.3) is 18.2 Å². The van der Waals surface area contributed by atoms with Crippen molar-refractivity contribution in [3.05, 3.63) is 91.7 Å². The number of anilines is 1. The number of pyridine rings is 1. The van der Waals surface area contributed by atoms with Crippen molar-refractivity contribution in [3.8, 4) is 16.2 Å². The number of nitrogens with two attached hydrogens (primary N) is 1. The minimum absolute atomic E-state index is 0.0257. The first-order valence-electron chi connectivity index (χ1n) is 11.5. The Balaban J connectivity index is 1.47. The Morgan fingerprint density at radius 1 is 1.18 bits per heavy atom. The molecule has 0 saturated heterocycles. The number of nitro benzene ring substituents is 1. The molecular formula is C26H18F2N4O6S2. The number of furan rings is 1. The number of nitrogens with one attached hydrogen (secondary N) is 1. The van der Waals surface area contributed by atoms with Crippen LogP contribution in [-0.2, 0) is 6.61 Å². The van der Waals surface area contributed by atoms with Crippen LogP contribution in [0, 0.1) is 17.0 Å². The van der Waals surface area contributed by atoms with Crippen LogP contribution >= 0.6 is 22.7 Å². The zero-order valence-corrected chi connectivity index (χ0v) is 22.1. The number of nitro groups is 1. The first-order chi connectivity index (χ1) is 19.1. The van der Waals surface area contributed by atoms with Gasteiger partial charge in [-0.3, -0.25) is 19.7 Å². The van der Waals surface area contributed by atoms with Crippen molar-refractivity contribution in [1.82, 2.24) is 4.98 Å². The number of thiophene rings is 2. The van der Waals surface area contributed by atoms with Crippen molar-refractivity contribution in [3.63, 3.8) is 0 Å². The molecule has 0 atom stereocenters. The number of aryl methyl sites for hydroxylation is 1. The van der Waals surface area contributed by atoms with E-state index in [2.05, 4.69) is 10.3 Å². The van der Waals surface area contributed by atoms with Gasteiger partial charge in [-0.15, -0.1) is 22.7 Å². The van der Waals surface area contributed by atoms with Gasteiger partial charge in [-0.2, -0.15) is 0 Å². The van der Waals surface area contributed by atoms with Gasteiger partial charge in [-0.25, -0.2) is 13.8 Å². The van der Waals surface area contributed by atoms with E-state index < -0.39 is 28.9 Å². The van der Waals surface area contributed by atoms with Crippen LogP contribution in [0.4, 0.5) is 20.2 Å². The van der Waals surface area contributed by atoms with Crippen LogP contribution in [0.15, 0.2) is 59.0 Å². The van der Waals surface area contributed by atoms with Crippen molar-refractivity contribution in [2.75, 3.05) is 5.32 Å². The lowest BCUT2D eigenvalue weighted by Crippen LogP contribution is -2.16. The summed E-state index contributed by atoms with van der Waals surface area (Å²) in [5, 5.41) is 14.1. The number of carbonyl (C=O) groups excluding carboxylic acids is 2. The van der Waals surface area contributed by atoms with Gasteiger partial charge in [-0.05, 0) is 43.3 Å². The van der Waals surface area contributed by atoms with Crippen LogP contribution in [0.2, 0.25) is 0 Å². The normalized spacial score (nSPS) is 11.2. The maximum absolute atomic E-state index is 13.7. The molecule has 0 spiro atoms. The number of rotatable bonds is 9. The molecule has 4 heterocycles. The zero-order valence-electron chi connectivity index (χ0n) is 20.5. The number of aromatic nitrogens is 1. The Hall–Kier alpha value is -4.69. The van der Waals surface area contributed by atoms with Crippen LogP contribution in [0.5, 0.6) is 5.75 Å². The number of primary amides is 1. The van der Waals surface area contributed by atoms with Gasteiger partial charge in [0.05, 0.1) is 10.6 Å². The Bertz CT molecular complexity index is 1780. The summed E-state index contributed by atoms with van der Waals surface area (Å²) >= 11 is 2.15. The lowest BCUT2D eigenvalue weighted by Gasteiger charge is -2.09. The highest BCUT2D eigenvalue weighted by molar-refractivity contribution is 7.21. The van der Waals surface area contributed by atoms with Crippen LogP contribution < -0.4 is 15.8 Å². The Morgan fingerprint density at radius 3 is 2.62 bits per heavy atom. The monoisotopic (exact) mass is 584 g/mol. The van der Waals surface area contributed by atoms with Gasteiger partial charge in [0.2, 0.25) is 0 Å². The standard InChI is InChI=1S/C26H18F2N4O6S2/c1-12-6-9-19(39-12)14-10-15(23(27)28)30-26-20(14)21(22(40-26)24(29)33)31-25(34)18-8-7-13(38-18)11-37-17-5-3-2-4-16(17)32(35)36/h2-10,23H,11H2,1H3,(H2,29,33)(H,31,34). The van der Waals surface area contributed by atoms with E-state index in [1.54, 1.807) is 12.1 Å². The third-order valence-electron chi connectivity index (χ3n) is 5.69. The molecule has 0 saturated carbocycles. The van der Waals surface area contributed by atoms with Gasteiger partial charge in [0, 0.05) is 26.8 Å². The minimum Gasteiger partial charge on any atom is -0.479 e. The number of amides is 2. The van der Waals surface area contributed by atoms with Gasteiger partial charge in [0.15, 0.2) is 11.5 Å². The number of hydrogen-bond acceptors (Lipinski definition) is 9. The lowest BCUT2D eigenvalue weighted by molar-refractivity contribution is -0.386. The molecule has 0 fully saturated rings. The predicted molar refractivity (Wildman–Crippen MR) is 145 cm³/mol. The first kappa shape index (κ1) is 26.9. The van der Waals surface area contributed by atoms with Gasteiger partial charge in [-0.1, -0.05) is 12.1 Å². The van der Waals surface area contributed by atoms with Crippen molar-refractivity contribution < 1.29 is 32.4 Å². The average molecular weight is 585 g/mol. The molecule has 0 bridgehead atoms. The molecular weight excluding hydrogens is 566 g/mol. The molecule has 4 aromatic heterocycles. The summed E-state index contributed by atoms with van der Waals surface area (Å²) in [6.07, 6.45) is -2.86. The molecule has 40 heavy (non-hydrogen) atoms. The number of benzene rings is 1. The summed E-state index contributed by atoms with van der Waals surface area (Å²) in [5.74, 6) is -1.54. The van der Waals surface area contributed by atoms with E-state index in [9.17, 15) is 28.5 Å². The lowest BCUT2D eigenvalue weighted by atomic mass is 10.1. The average Bonchev–Trinajstić information content (AvgIpc) is 3.66. The molecule has 0 aliphatic rings. The zero-order chi connectivity index (χ0) is 28.6. The maximum Gasteiger partial charge on any atom is 0.310 e. The fraction of sp³-hybridized carbons (Fsp3) is 0.115. The second kappa shape index (κ2) is 10.8. The molecule has 0 aliphatic carbocycles. The fourth-order valence-corrected chi connectivity index (χ4v) is 5.83. The van der Waals surface area contributed by atoms with Crippen molar-refractivity contribution in [2.24, 2.45) is 5.73 Å². The molecule has 14 heteroatoms. The Morgan fingerprint density at radius 2 is 1.95 bits per heavy atom. The molecule has 2 amide bonds. The smallest absolute Gasteiger partial charge is 0.310 e. The van der Waals surface area contributed by atoms with Crippen LogP contribution in [-0.4, -0.2) is 21.7 Å². The van der Waals surface area contributed by atoms with E-state index >= 15 is 0 Å². The molecule has 10 nitrogen and oxygen atoms in total. The molecule has 5 rings (SSSR count). The number of fused-ring (bicyclic) bond motifs is 1. The minimum atomic E-state index is -2.86. The molecule has 3 N–H and O–H groups in total. The number of nitrogens with zero attached hydrogens (tertiary/aromatic N) is 2. The molecule has 0 unspecified atom stereocenters. The van der Waals surface area contributed by atoms with E-state index in [0.29, 0.717) is 15.8 Å². The highest BCUT2D eigenvalue weighted by atomic mass is 32.1. The number of ether oxygens (including phenoxy) is 1. The van der Waals surface area contributed by atoms with E-state index in [1.165, 1.54) is 47.7 Å². The largest absolute Gasteiger partial charge is 0.479 e. The first-order valence-corrected chi connectivity index (χ1v) is 13.1. The van der Waals surface area contributed by atoms with E-state index in [4.69, 9.17) is 14.9 Å². The summed E-state index contributed by atoms with van der Waals surface area (Å²) < 4.78 is 38.4. The third kappa shape index (κ3) is 5.26. The van der Waals surface area contributed by atoms with Crippen molar-refractivity contribution in [1.29, 1.82) is 0 Å². The fourth-order valence-electron chi connectivity index (χ4n) is 3.93.